The van der Waals surface area contributed by atoms with Gasteiger partial charge in [0.15, 0.2) is 0 Å². The maximum Gasteiger partial charge on any atom is 0.258 e. The van der Waals surface area contributed by atoms with Crippen LogP contribution in [0.3, 0.4) is 0 Å². The Morgan fingerprint density at radius 1 is 1.12 bits per heavy atom. The Kier molecular flexibility index (Phi) is 5.02. The van der Waals surface area contributed by atoms with E-state index in [2.05, 4.69) is 6.92 Å². The zero-order valence-corrected chi connectivity index (χ0v) is 15.1. The van der Waals surface area contributed by atoms with E-state index in [1.165, 1.54) is 0 Å². The number of nitrogens with zero attached hydrogens (tertiary/aromatic N) is 1. The van der Waals surface area contributed by atoms with Gasteiger partial charge in [0, 0.05) is 17.3 Å². The van der Waals surface area contributed by atoms with Crippen LogP contribution in [-0.2, 0) is 0 Å². The minimum Gasteiger partial charge on any atom is -0.497 e. The van der Waals surface area contributed by atoms with Gasteiger partial charge >= 0.3 is 0 Å². The van der Waals surface area contributed by atoms with E-state index in [1.807, 2.05) is 29.2 Å². The van der Waals surface area contributed by atoms with Crippen molar-refractivity contribution in [3.63, 3.8) is 0 Å². The van der Waals surface area contributed by atoms with Gasteiger partial charge in [-0.3, -0.25) is 4.79 Å². The third-order valence-corrected chi connectivity index (χ3v) is 5.19. The standard InChI is InChI=1S/C19H19Cl2NO2/c1-12(13-3-4-13)22(15-6-8-16(24-2)9-7-15)19(23)14-5-10-17(20)18(21)11-14/h5-13H,3-4H2,1-2H3. The molecule has 3 nitrogen and oxygen atoms in total. The van der Waals surface area contributed by atoms with Crippen molar-refractivity contribution < 1.29 is 9.53 Å². The van der Waals surface area contributed by atoms with Crippen molar-refractivity contribution in [2.45, 2.75) is 25.8 Å². The summed E-state index contributed by atoms with van der Waals surface area (Å²) in [6.07, 6.45) is 2.31. The molecule has 1 amide bonds. The minimum atomic E-state index is -0.0712. The normalized spacial score (nSPS) is 15.0. The van der Waals surface area contributed by atoms with Gasteiger partial charge in [0.1, 0.15) is 5.75 Å². The number of rotatable bonds is 5. The first-order valence-electron chi connectivity index (χ1n) is 7.94. The fourth-order valence-corrected chi connectivity index (χ4v) is 3.14. The predicted molar refractivity (Wildman–Crippen MR) is 98.5 cm³/mol. The minimum absolute atomic E-state index is 0.0712. The number of hydrogen-bond donors (Lipinski definition) is 0. The van der Waals surface area contributed by atoms with Crippen LogP contribution in [-0.4, -0.2) is 19.1 Å². The van der Waals surface area contributed by atoms with E-state index in [-0.39, 0.29) is 11.9 Å². The molecule has 0 saturated heterocycles. The number of ether oxygens (including phenoxy) is 1. The number of anilines is 1. The van der Waals surface area contributed by atoms with Gasteiger partial charge in [0.25, 0.3) is 5.91 Å². The topological polar surface area (TPSA) is 29.5 Å². The SMILES string of the molecule is COc1ccc(N(C(=O)c2ccc(Cl)c(Cl)c2)C(C)C2CC2)cc1. The zero-order chi connectivity index (χ0) is 17.3. The lowest BCUT2D eigenvalue weighted by Gasteiger charge is -2.30. The monoisotopic (exact) mass is 363 g/mol. The Hall–Kier alpha value is -1.71. The van der Waals surface area contributed by atoms with Gasteiger partial charge < -0.3 is 9.64 Å². The van der Waals surface area contributed by atoms with Crippen LogP contribution in [0.1, 0.15) is 30.1 Å². The Morgan fingerprint density at radius 3 is 2.33 bits per heavy atom. The average Bonchev–Trinajstić information content (AvgIpc) is 3.43. The average molecular weight is 364 g/mol. The van der Waals surface area contributed by atoms with E-state index in [0.717, 1.165) is 24.3 Å². The molecule has 24 heavy (non-hydrogen) atoms. The van der Waals surface area contributed by atoms with E-state index in [9.17, 15) is 4.79 Å². The molecule has 0 heterocycles. The first-order chi connectivity index (χ1) is 11.5. The van der Waals surface area contributed by atoms with Crippen molar-refractivity contribution in [3.05, 3.63) is 58.1 Å². The van der Waals surface area contributed by atoms with Gasteiger partial charge in [0.05, 0.1) is 17.2 Å². The van der Waals surface area contributed by atoms with Crippen LogP contribution >= 0.6 is 23.2 Å². The molecule has 5 heteroatoms. The van der Waals surface area contributed by atoms with E-state index in [1.54, 1.807) is 25.3 Å². The fourth-order valence-electron chi connectivity index (χ4n) is 2.84. The van der Waals surface area contributed by atoms with Gasteiger partial charge in [-0.2, -0.15) is 0 Å². The van der Waals surface area contributed by atoms with Gasteiger partial charge in [-0.15, -0.1) is 0 Å². The lowest BCUT2D eigenvalue weighted by molar-refractivity contribution is 0.0975. The number of methoxy groups -OCH3 is 1. The smallest absolute Gasteiger partial charge is 0.258 e. The van der Waals surface area contributed by atoms with Gasteiger partial charge in [-0.1, -0.05) is 23.2 Å². The van der Waals surface area contributed by atoms with Crippen molar-refractivity contribution in [2.75, 3.05) is 12.0 Å². The molecule has 1 saturated carbocycles. The molecule has 0 radical (unpaired) electrons. The second-order valence-electron chi connectivity index (χ2n) is 6.08. The first kappa shape index (κ1) is 17.1. The molecule has 1 aliphatic rings. The Labute approximate surface area is 152 Å². The number of hydrogen-bond acceptors (Lipinski definition) is 2. The quantitative estimate of drug-likeness (QED) is 0.706. The lowest BCUT2D eigenvalue weighted by Crippen LogP contribution is -2.40. The molecule has 126 valence electrons. The lowest BCUT2D eigenvalue weighted by atomic mass is 10.1. The molecule has 1 atom stereocenters. The molecule has 0 N–H and O–H groups in total. The molecule has 3 rings (SSSR count). The highest BCUT2D eigenvalue weighted by atomic mass is 35.5. The summed E-state index contributed by atoms with van der Waals surface area (Å²) < 4.78 is 5.21. The van der Waals surface area contributed by atoms with Gasteiger partial charge in [-0.05, 0) is 68.1 Å². The molecule has 0 aromatic heterocycles. The second-order valence-corrected chi connectivity index (χ2v) is 6.89. The number of carbonyl (C=O) groups excluding carboxylic acids is 1. The number of halogens is 2. The molecule has 1 unspecified atom stereocenters. The molecule has 2 aromatic rings. The van der Waals surface area contributed by atoms with Crippen molar-refractivity contribution in [2.24, 2.45) is 5.92 Å². The molecular weight excluding hydrogens is 345 g/mol. The van der Waals surface area contributed by atoms with Crippen LogP contribution in [0, 0.1) is 5.92 Å². The molecule has 1 aliphatic carbocycles. The molecule has 1 fully saturated rings. The summed E-state index contributed by atoms with van der Waals surface area (Å²) in [5.41, 5.74) is 1.39. The molecule has 2 aromatic carbocycles. The van der Waals surface area contributed by atoms with E-state index in [0.29, 0.717) is 21.5 Å². The van der Waals surface area contributed by atoms with Crippen molar-refractivity contribution in [1.29, 1.82) is 0 Å². The summed E-state index contributed by atoms with van der Waals surface area (Å²) in [5.74, 6) is 1.23. The second kappa shape index (κ2) is 7.04. The number of benzene rings is 2. The third-order valence-electron chi connectivity index (χ3n) is 4.45. The highest BCUT2D eigenvalue weighted by Gasteiger charge is 2.35. The third kappa shape index (κ3) is 3.52. The summed E-state index contributed by atoms with van der Waals surface area (Å²) >= 11 is 12.1. The summed E-state index contributed by atoms with van der Waals surface area (Å²) in [6.45, 7) is 2.09. The first-order valence-corrected chi connectivity index (χ1v) is 8.69. The Morgan fingerprint density at radius 2 is 1.79 bits per heavy atom. The highest BCUT2D eigenvalue weighted by Crippen LogP contribution is 2.38. The molecule has 0 spiro atoms. The summed E-state index contributed by atoms with van der Waals surface area (Å²) in [5, 5.41) is 0.829. The van der Waals surface area contributed by atoms with Crippen LogP contribution < -0.4 is 9.64 Å². The number of carbonyl (C=O) groups is 1. The van der Waals surface area contributed by atoms with E-state index in [4.69, 9.17) is 27.9 Å². The zero-order valence-electron chi connectivity index (χ0n) is 13.6. The summed E-state index contributed by atoms with van der Waals surface area (Å²) in [7, 11) is 1.63. The van der Waals surface area contributed by atoms with Crippen LogP contribution in [0.25, 0.3) is 0 Å². The molecule has 0 bridgehead atoms. The van der Waals surface area contributed by atoms with Crippen LogP contribution in [0.4, 0.5) is 5.69 Å². The van der Waals surface area contributed by atoms with Gasteiger partial charge in [-0.25, -0.2) is 0 Å². The summed E-state index contributed by atoms with van der Waals surface area (Å²) in [4.78, 5) is 15.0. The summed E-state index contributed by atoms with van der Waals surface area (Å²) in [6, 6.07) is 12.7. The maximum atomic E-state index is 13.1. The van der Waals surface area contributed by atoms with Crippen LogP contribution in [0.2, 0.25) is 10.0 Å². The van der Waals surface area contributed by atoms with E-state index < -0.39 is 0 Å². The van der Waals surface area contributed by atoms with E-state index >= 15 is 0 Å². The van der Waals surface area contributed by atoms with Crippen LogP contribution in [0.15, 0.2) is 42.5 Å². The Bertz CT molecular complexity index is 742. The Balaban J connectivity index is 1.96. The van der Waals surface area contributed by atoms with Crippen molar-refractivity contribution in [3.8, 4) is 5.75 Å². The van der Waals surface area contributed by atoms with Crippen molar-refractivity contribution in [1.82, 2.24) is 0 Å². The predicted octanol–water partition coefficient (Wildman–Crippen LogP) is 5.45. The maximum absolute atomic E-state index is 13.1. The fraction of sp³-hybridized carbons (Fsp3) is 0.316. The number of amides is 1. The van der Waals surface area contributed by atoms with Crippen molar-refractivity contribution >= 4 is 34.8 Å². The largest absolute Gasteiger partial charge is 0.497 e. The highest BCUT2D eigenvalue weighted by molar-refractivity contribution is 6.42. The molecule has 0 aliphatic heterocycles. The van der Waals surface area contributed by atoms with Crippen LogP contribution in [0.5, 0.6) is 5.75 Å². The molecular formula is C19H19Cl2NO2. The van der Waals surface area contributed by atoms with Gasteiger partial charge in [0.2, 0.25) is 0 Å².